The number of aromatic nitrogens is 2. The fourth-order valence-corrected chi connectivity index (χ4v) is 1.56. The standard InChI is InChI=1S/C10H18N2OS/c1-3-4-6-13-7-5-12-9(2)8-11-10(12)14/h8H,3-7H2,1-2H3,(H,11,14). The van der Waals surface area contributed by atoms with Gasteiger partial charge in [0.25, 0.3) is 0 Å². The third-order valence-electron chi connectivity index (χ3n) is 2.18. The van der Waals surface area contributed by atoms with Crippen molar-refractivity contribution in [1.29, 1.82) is 0 Å². The van der Waals surface area contributed by atoms with Crippen LogP contribution < -0.4 is 0 Å². The molecule has 3 nitrogen and oxygen atoms in total. The van der Waals surface area contributed by atoms with Crippen LogP contribution in [0, 0.1) is 11.7 Å². The van der Waals surface area contributed by atoms with E-state index in [0.29, 0.717) is 0 Å². The van der Waals surface area contributed by atoms with E-state index < -0.39 is 0 Å². The molecule has 1 aromatic rings. The van der Waals surface area contributed by atoms with Crippen molar-refractivity contribution in [3.8, 4) is 0 Å². The number of hydrogen-bond donors (Lipinski definition) is 1. The molecule has 0 spiro atoms. The maximum Gasteiger partial charge on any atom is 0.177 e. The number of aromatic amines is 1. The molecule has 0 aromatic carbocycles. The molecule has 0 radical (unpaired) electrons. The van der Waals surface area contributed by atoms with Crippen molar-refractivity contribution >= 4 is 12.2 Å². The van der Waals surface area contributed by atoms with E-state index in [2.05, 4.69) is 16.5 Å². The molecule has 80 valence electrons. The fourth-order valence-electron chi connectivity index (χ4n) is 1.26. The molecule has 0 fully saturated rings. The van der Waals surface area contributed by atoms with Crippen molar-refractivity contribution < 1.29 is 4.74 Å². The average Bonchev–Trinajstić information content (AvgIpc) is 2.48. The zero-order valence-electron chi connectivity index (χ0n) is 8.88. The minimum absolute atomic E-state index is 0.743. The lowest BCUT2D eigenvalue weighted by molar-refractivity contribution is 0.123. The summed E-state index contributed by atoms with van der Waals surface area (Å²) >= 11 is 5.13. The molecule has 1 heterocycles. The smallest absolute Gasteiger partial charge is 0.177 e. The van der Waals surface area contributed by atoms with Gasteiger partial charge < -0.3 is 14.3 Å². The van der Waals surface area contributed by atoms with Crippen LogP contribution in [0.3, 0.4) is 0 Å². The highest BCUT2D eigenvalue weighted by molar-refractivity contribution is 7.71. The Morgan fingerprint density at radius 1 is 1.50 bits per heavy atom. The summed E-state index contributed by atoms with van der Waals surface area (Å²) in [7, 11) is 0. The van der Waals surface area contributed by atoms with Crippen LogP contribution in [-0.2, 0) is 11.3 Å². The second-order valence-corrected chi connectivity index (χ2v) is 3.74. The molecule has 0 saturated carbocycles. The molecule has 0 atom stereocenters. The van der Waals surface area contributed by atoms with Crippen LogP contribution in [-0.4, -0.2) is 22.8 Å². The zero-order valence-corrected chi connectivity index (χ0v) is 9.69. The Kier molecular flexibility index (Phi) is 4.90. The highest BCUT2D eigenvalue weighted by Crippen LogP contribution is 1.99. The molecule has 1 rings (SSSR count). The van der Waals surface area contributed by atoms with Gasteiger partial charge in [-0.3, -0.25) is 0 Å². The van der Waals surface area contributed by atoms with Crippen LogP contribution >= 0.6 is 12.2 Å². The molecule has 1 aromatic heterocycles. The Balaban J connectivity index is 2.28. The summed E-state index contributed by atoms with van der Waals surface area (Å²) in [6, 6.07) is 0. The van der Waals surface area contributed by atoms with Crippen molar-refractivity contribution in [2.24, 2.45) is 0 Å². The van der Waals surface area contributed by atoms with Gasteiger partial charge in [-0.15, -0.1) is 0 Å². The van der Waals surface area contributed by atoms with E-state index in [1.54, 1.807) is 0 Å². The number of ether oxygens (including phenoxy) is 1. The number of imidazole rings is 1. The Morgan fingerprint density at radius 3 is 2.86 bits per heavy atom. The molecule has 0 aliphatic carbocycles. The first-order valence-corrected chi connectivity index (χ1v) is 5.49. The molecular formula is C10H18N2OS. The van der Waals surface area contributed by atoms with Crippen molar-refractivity contribution in [2.45, 2.75) is 33.2 Å². The van der Waals surface area contributed by atoms with Crippen LogP contribution in [0.25, 0.3) is 0 Å². The Hall–Kier alpha value is -0.610. The third kappa shape index (κ3) is 3.27. The second kappa shape index (κ2) is 5.98. The highest BCUT2D eigenvalue weighted by Gasteiger charge is 1.97. The summed E-state index contributed by atoms with van der Waals surface area (Å²) in [6.45, 7) is 6.65. The van der Waals surface area contributed by atoms with Crippen LogP contribution in [0.5, 0.6) is 0 Å². The number of hydrogen-bond acceptors (Lipinski definition) is 2. The first-order valence-electron chi connectivity index (χ1n) is 5.08. The first-order chi connectivity index (χ1) is 6.75. The molecule has 0 aliphatic heterocycles. The van der Waals surface area contributed by atoms with Crippen molar-refractivity contribution in [2.75, 3.05) is 13.2 Å². The lowest BCUT2D eigenvalue weighted by Gasteiger charge is -2.05. The zero-order chi connectivity index (χ0) is 10.4. The quantitative estimate of drug-likeness (QED) is 0.583. The Morgan fingerprint density at radius 2 is 2.29 bits per heavy atom. The summed E-state index contributed by atoms with van der Waals surface area (Å²) in [4.78, 5) is 3.01. The van der Waals surface area contributed by atoms with Crippen molar-refractivity contribution in [3.05, 3.63) is 16.7 Å². The lowest BCUT2D eigenvalue weighted by Crippen LogP contribution is -2.08. The predicted octanol–water partition coefficient (Wildman–Crippen LogP) is 2.67. The monoisotopic (exact) mass is 214 g/mol. The van der Waals surface area contributed by atoms with Gasteiger partial charge in [-0.2, -0.15) is 0 Å². The molecule has 4 heteroatoms. The number of nitrogens with one attached hydrogen (secondary N) is 1. The van der Waals surface area contributed by atoms with Gasteiger partial charge >= 0.3 is 0 Å². The second-order valence-electron chi connectivity index (χ2n) is 3.35. The van der Waals surface area contributed by atoms with Crippen LogP contribution in [0.1, 0.15) is 25.5 Å². The SMILES string of the molecule is CCCCOCCn1c(C)c[nH]c1=S. The van der Waals surface area contributed by atoms with E-state index in [4.69, 9.17) is 17.0 Å². The van der Waals surface area contributed by atoms with E-state index in [1.807, 2.05) is 13.1 Å². The van der Waals surface area contributed by atoms with Gasteiger partial charge in [0, 0.05) is 25.0 Å². The minimum atomic E-state index is 0.743. The average molecular weight is 214 g/mol. The molecule has 1 N–H and O–H groups in total. The maximum absolute atomic E-state index is 5.48. The number of rotatable bonds is 6. The summed E-state index contributed by atoms with van der Waals surface area (Å²) < 4.78 is 8.31. The fraction of sp³-hybridized carbons (Fsp3) is 0.700. The largest absolute Gasteiger partial charge is 0.380 e. The number of aryl methyl sites for hydroxylation is 1. The highest BCUT2D eigenvalue weighted by atomic mass is 32.1. The third-order valence-corrected chi connectivity index (χ3v) is 2.52. The van der Waals surface area contributed by atoms with Gasteiger partial charge in [0.05, 0.1) is 6.61 Å². The van der Waals surface area contributed by atoms with Crippen molar-refractivity contribution in [3.63, 3.8) is 0 Å². The molecule has 0 amide bonds. The van der Waals surface area contributed by atoms with E-state index >= 15 is 0 Å². The Bertz CT molecular complexity index is 316. The number of H-pyrrole nitrogens is 1. The van der Waals surface area contributed by atoms with Gasteiger partial charge in [-0.05, 0) is 25.6 Å². The van der Waals surface area contributed by atoms with Crippen LogP contribution in [0.2, 0.25) is 0 Å². The van der Waals surface area contributed by atoms with Gasteiger partial charge in [0.1, 0.15) is 0 Å². The minimum Gasteiger partial charge on any atom is -0.380 e. The van der Waals surface area contributed by atoms with E-state index in [1.165, 1.54) is 6.42 Å². The Labute approximate surface area is 90.1 Å². The topological polar surface area (TPSA) is 29.9 Å². The van der Waals surface area contributed by atoms with Gasteiger partial charge in [-0.25, -0.2) is 0 Å². The van der Waals surface area contributed by atoms with E-state index in [0.717, 1.165) is 36.6 Å². The lowest BCUT2D eigenvalue weighted by atomic mass is 10.4. The van der Waals surface area contributed by atoms with Gasteiger partial charge in [0.2, 0.25) is 0 Å². The van der Waals surface area contributed by atoms with E-state index in [-0.39, 0.29) is 0 Å². The normalized spacial score (nSPS) is 10.7. The molecule has 0 unspecified atom stereocenters. The summed E-state index contributed by atoms with van der Waals surface area (Å²) in [6.07, 6.45) is 4.24. The maximum atomic E-state index is 5.48. The number of unbranched alkanes of at least 4 members (excludes halogenated alkanes) is 1. The molecule has 14 heavy (non-hydrogen) atoms. The van der Waals surface area contributed by atoms with Crippen LogP contribution in [0.4, 0.5) is 0 Å². The molecule has 0 aliphatic rings. The summed E-state index contributed by atoms with van der Waals surface area (Å²) in [5, 5.41) is 0. The summed E-state index contributed by atoms with van der Waals surface area (Å²) in [5.74, 6) is 0. The predicted molar refractivity (Wildman–Crippen MR) is 60.1 cm³/mol. The van der Waals surface area contributed by atoms with Crippen LogP contribution in [0.15, 0.2) is 6.20 Å². The van der Waals surface area contributed by atoms with Gasteiger partial charge in [0.15, 0.2) is 4.77 Å². The van der Waals surface area contributed by atoms with E-state index in [9.17, 15) is 0 Å². The summed E-state index contributed by atoms with van der Waals surface area (Å²) in [5.41, 5.74) is 1.16. The molecule has 0 saturated heterocycles. The van der Waals surface area contributed by atoms with Gasteiger partial charge in [-0.1, -0.05) is 13.3 Å². The first kappa shape index (κ1) is 11.5. The molecular weight excluding hydrogens is 196 g/mol. The molecule has 0 bridgehead atoms. The number of nitrogens with zero attached hydrogens (tertiary/aromatic N) is 1. The van der Waals surface area contributed by atoms with Crippen molar-refractivity contribution in [1.82, 2.24) is 9.55 Å².